The maximum atomic E-state index is 12.9. The van der Waals surface area contributed by atoms with Crippen LogP contribution in [0, 0.1) is 5.92 Å². The molecule has 24 heavy (non-hydrogen) atoms. The van der Waals surface area contributed by atoms with Gasteiger partial charge in [0.2, 0.25) is 11.8 Å². The molecule has 2 aliphatic rings. The summed E-state index contributed by atoms with van der Waals surface area (Å²) in [7, 11) is 1.62. The summed E-state index contributed by atoms with van der Waals surface area (Å²) in [5, 5.41) is 3.01. The van der Waals surface area contributed by atoms with Crippen molar-refractivity contribution in [3.63, 3.8) is 0 Å². The molecule has 1 aliphatic carbocycles. The van der Waals surface area contributed by atoms with Gasteiger partial charge in [0.15, 0.2) is 0 Å². The summed E-state index contributed by atoms with van der Waals surface area (Å²) >= 11 is 6.08. The second-order valence-corrected chi connectivity index (χ2v) is 6.85. The van der Waals surface area contributed by atoms with Gasteiger partial charge in [-0.25, -0.2) is 0 Å². The van der Waals surface area contributed by atoms with Gasteiger partial charge in [-0.1, -0.05) is 11.6 Å². The van der Waals surface area contributed by atoms with Crippen molar-refractivity contribution < 1.29 is 22.8 Å². The zero-order chi connectivity index (χ0) is 17.7. The van der Waals surface area contributed by atoms with Gasteiger partial charge in [0, 0.05) is 25.0 Å². The number of nitrogens with one attached hydrogen (secondary N) is 1. The molecule has 0 radical (unpaired) electrons. The third-order valence-corrected chi connectivity index (χ3v) is 4.96. The topological polar surface area (TPSA) is 49.4 Å². The summed E-state index contributed by atoms with van der Waals surface area (Å²) in [6, 6.07) is 3.13. The Morgan fingerprint density at radius 1 is 1.38 bits per heavy atom. The van der Waals surface area contributed by atoms with Gasteiger partial charge in [-0.15, -0.1) is 0 Å². The number of alkyl halides is 3. The van der Waals surface area contributed by atoms with Gasteiger partial charge < -0.3 is 10.2 Å². The first-order valence-electron chi connectivity index (χ1n) is 7.56. The van der Waals surface area contributed by atoms with E-state index < -0.39 is 23.2 Å². The Kier molecular flexibility index (Phi) is 4.02. The number of hydrogen-bond acceptors (Lipinski definition) is 2. The van der Waals surface area contributed by atoms with E-state index in [-0.39, 0.29) is 28.8 Å². The van der Waals surface area contributed by atoms with Crippen LogP contribution in [0.3, 0.4) is 0 Å². The summed E-state index contributed by atoms with van der Waals surface area (Å²) in [5.74, 6) is -0.916. The first kappa shape index (κ1) is 17.1. The van der Waals surface area contributed by atoms with Gasteiger partial charge in [-0.05, 0) is 36.6 Å². The number of amides is 2. The summed E-state index contributed by atoms with van der Waals surface area (Å²) in [4.78, 5) is 25.4. The number of carbonyl (C=O) groups excluding carboxylic acids is 2. The van der Waals surface area contributed by atoms with Crippen LogP contribution < -0.4 is 5.32 Å². The molecule has 3 rings (SSSR count). The van der Waals surface area contributed by atoms with Gasteiger partial charge >= 0.3 is 6.18 Å². The fourth-order valence-electron chi connectivity index (χ4n) is 3.03. The predicted molar refractivity (Wildman–Crippen MR) is 81.3 cm³/mol. The molecular formula is C16H16ClF3N2O2. The maximum absolute atomic E-state index is 12.9. The molecular weight excluding hydrogens is 345 g/mol. The lowest BCUT2D eigenvalue weighted by Crippen LogP contribution is -2.40. The van der Waals surface area contributed by atoms with Gasteiger partial charge in [0.05, 0.1) is 17.0 Å². The molecule has 0 spiro atoms. The molecule has 4 nitrogen and oxygen atoms in total. The molecule has 1 atom stereocenters. The lowest BCUT2D eigenvalue weighted by Gasteiger charge is -2.22. The Bertz CT molecular complexity index is 701. The van der Waals surface area contributed by atoms with E-state index in [0.717, 1.165) is 12.1 Å². The number of rotatable bonds is 3. The summed E-state index contributed by atoms with van der Waals surface area (Å²) in [6.07, 6.45) is -3.30. The second kappa shape index (κ2) is 5.65. The van der Waals surface area contributed by atoms with Crippen LogP contribution in [0.2, 0.25) is 5.02 Å². The highest BCUT2D eigenvalue weighted by Crippen LogP contribution is 2.49. The average molecular weight is 361 g/mol. The number of benzene rings is 1. The first-order chi connectivity index (χ1) is 11.1. The van der Waals surface area contributed by atoms with Crippen molar-refractivity contribution in [2.24, 2.45) is 5.92 Å². The van der Waals surface area contributed by atoms with Crippen LogP contribution in [0.4, 0.5) is 13.2 Å². The molecule has 0 bridgehead atoms. The van der Waals surface area contributed by atoms with E-state index >= 15 is 0 Å². The van der Waals surface area contributed by atoms with Gasteiger partial charge in [-0.2, -0.15) is 13.2 Å². The Morgan fingerprint density at radius 3 is 2.54 bits per heavy atom. The molecule has 1 saturated heterocycles. The quantitative estimate of drug-likeness (QED) is 0.901. The summed E-state index contributed by atoms with van der Waals surface area (Å²) in [5.41, 5.74) is -1.37. The molecule has 1 aliphatic heterocycles. The van der Waals surface area contributed by atoms with Crippen molar-refractivity contribution in [1.82, 2.24) is 10.2 Å². The molecule has 8 heteroatoms. The summed E-state index contributed by atoms with van der Waals surface area (Å²) < 4.78 is 38.8. The molecule has 2 amide bonds. The van der Waals surface area contributed by atoms with Crippen LogP contribution in [0.5, 0.6) is 0 Å². The normalized spacial score (nSPS) is 22.6. The number of halogens is 4. The minimum Gasteiger partial charge on any atom is -0.346 e. The molecule has 1 heterocycles. The number of likely N-dealkylation sites (tertiary alicyclic amines) is 1. The number of carbonyl (C=O) groups is 2. The van der Waals surface area contributed by atoms with E-state index in [2.05, 4.69) is 5.32 Å². The molecule has 1 aromatic rings. The fraction of sp³-hybridized carbons (Fsp3) is 0.500. The Balaban J connectivity index is 1.82. The van der Waals surface area contributed by atoms with Crippen LogP contribution in [0.15, 0.2) is 18.2 Å². The standard InChI is InChI=1S/C16H16ClF3N2O2/c1-22-8-9(6-13(22)23)14(24)21-15(4-5-15)11-7-10(16(18,19)20)2-3-12(11)17/h2-3,7,9H,4-6,8H2,1H3,(H,21,24). The molecule has 0 aromatic heterocycles. The molecule has 1 N–H and O–H groups in total. The number of nitrogens with zero attached hydrogens (tertiary/aromatic N) is 1. The fourth-order valence-corrected chi connectivity index (χ4v) is 3.33. The van der Waals surface area contributed by atoms with Crippen LogP contribution in [0.25, 0.3) is 0 Å². The van der Waals surface area contributed by atoms with Crippen molar-refractivity contribution in [1.29, 1.82) is 0 Å². The molecule has 130 valence electrons. The van der Waals surface area contributed by atoms with Gasteiger partial charge in [0.1, 0.15) is 0 Å². The van der Waals surface area contributed by atoms with Crippen molar-refractivity contribution in [2.45, 2.75) is 31.0 Å². The van der Waals surface area contributed by atoms with Gasteiger partial charge in [-0.3, -0.25) is 9.59 Å². The monoisotopic (exact) mass is 360 g/mol. The SMILES string of the molecule is CN1CC(C(=O)NC2(c3cc(C(F)(F)F)ccc3Cl)CC2)CC1=O. The van der Waals surface area contributed by atoms with Crippen molar-refractivity contribution in [3.8, 4) is 0 Å². The zero-order valence-corrected chi connectivity index (χ0v) is 13.7. The zero-order valence-electron chi connectivity index (χ0n) is 12.9. The number of hydrogen-bond donors (Lipinski definition) is 1. The van der Waals surface area contributed by atoms with E-state index in [1.54, 1.807) is 7.05 Å². The summed E-state index contributed by atoms with van der Waals surface area (Å²) in [6.45, 7) is 0.317. The highest BCUT2D eigenvalue weighted by atomic mass is 35.5. The molecule has 1 aromatic carbocycles. The van der Waals surface area contributed by atoms with Crippen LogP contribution in [0.1, 0.15) is 30.4 Å². The van der Waals surface area contributed by atoms with Crippen molar-refractivity contribution >= 4 is 23.4 Å². The largest absolute Gasteiger partial charge is 0.416 e. The smallest absolute Gasteiger partial charge is 0.346 e. The third-order valence-electron chi connectivity index (χ3n) is 4.63. The average Bonchev–Trinajstić information content (AvgIpc) is 3.17. The van der Waals surface area contributed by atoms with E-state index in [1.807, 2.05) is 0 Å². The minimum atomic E-state index is -4.47. The maximum Gasteiger partial charge on any atom is 0.416 e. The van der Waals surface area contributed by atoms with Crippen molar-refractivity contribution in [2.75, 3.05) is 13.6 Å². The molecule has 1 unspecified atom stereocenters. The Labute approximate surface area is 142 Å². The Hall–Kier alpha value is -1.76. The third kappa shape index (κ3) is 3.09. The highest BCUT2D eigenvalue weighted by Gasteiger charge is 2.49. The Morgan fingerprint density at radius 2 is 2.04 bits per heavy atom. The van der Waals surface area contributed by atoms with Gasteiger partial charge in [0.25, 0.3) is 0 Å². The highest BCUT2D eigenvalue weighted by molar-refractivity contribution is 6.31. The van der Waals surface area contributed by atoms with Crippen LogP contribution in [-0.2, 0) is 21.3 Å². The first-order valence-corrected chi connectivity index (χ1v) is 7.93. The molecule has 1 saturated carbocycles. The second-order valence-electron chi connectivity index (χ2n) is 6.44. The van der Waals surface area contributed by atoms with E-state index in [4.69, 9.17) is 11.6 Å². The lowest BCUT2D eigenvalue weighted by atomic mass is 9.99. The minimum absolute atomic E-state index is 0.114. The van der Waals surface area contributed by atoms with E-state index in [1.165, 1.54) is 11.0 Å². The van der Waals surface area contributed by atoms with Crippen LogP contribution >= 0.6 is 11.6 Å². The molecule has 2 fully saturated rings. The van der Waals surface area contributed by atoms with E-state index in [9.17, 15) is 22.8 Å². The van der Waals surface area contributed by atoms with Crippen LogP contribution in [-0.4, -0.2) is 30.3 Å². The predicted octanol–water partition coefficient (Wildman–Crippen LogP) is 2.94. The van der Waals surface area contributed by atoms with Crippen molar-refractivity contribution in [3.05, 3.63) is 34.3 Å². The lowest BCUT2D eigenvalue weighted by molar-refractivity contribution is -0.137. The van der Waals surface area contributed by atoms with E-state index in [0.29, 0.717) is 19.4 Å².